The lowest BCUT2D eigenvalue weighted by Gasteiger charge is -2.46. The SMILES string of the molecule is CO[C@]1(C)CCO[C@@H](C)[C@@H]1O.C[C@H]1CN(C)C(=O)CN(Cc2ccc(F)cc2)C(=O)[C@H](C)[C@@H](O)[C@H](C)[C@@H](O[C@@H]2O[C@H](C)C[C@H](N(C)C)[C@H]2O)[C@](C)(O)C1. The predicted molar refractivity (Wildman–Crippen MR) is 197 cm³/mol. The number of hydrogen-bond donors (Lipinski definition) is 4. The van der Waals surface area contributed by atoms with Crippen LogP contribution >= 0.6 is 0 Å². The van der Waals surface area contributed by atoms with Crippen LogP contribution in [0.4, 0.5) is 4.39 Å². The van der Waals surface area contributed by atoms with Crippen molar-refractivity contribution < 1.29 is 53.4 Å². The van der Waals surface area contributed by atoms with Gasteiger partial charge in [0, 0.05) is 52.2 Å². The maximum absolute atomic E-state index is 13.8. The van der Waals surface area contributed by atoms with Crippen LogP contribution in [0.2, 0.25) is 0 Å². The van der Waals surface area contributed by atoms with E-state index in [-0.39, 0.29) is 49.6 Å². The molecule has 53 heavy (non-hydrogen) atoms. The molecule has 3 heterocycles. The third kappa shape index (κ3) is 11.6. The number of hydrogen-bond acceptors (Lipinski definition) is 11. The van der Waals surface area contributed by atoms with E-state index in [1.165, 1.54) is 21.9 Å². The highest BCUT2D eigenvalue weighted by molar-refractivity contribution is 5.86. The lowest BCUT2D eigenvalue weighted by atomic mass is 9.77. The number of aliphatic hydroxyl groups excluding tert-OH is 3. The first-order valence-electron chi connectivity index (χ1n) is 18.8. The van der Waals surface area contributed by atoms with Crippen LogP contribution < -0.4 is 0 Å². The maximum Gasteiger partial charge on any atom is 0.241 e. The second-order valence-electron chi connectivity index (χ2n) is 16.3. The fraction of sp³-hybridized carbons (Fsp3) is 0.795. The Balaban J connectivity index is 0.000000586. The minimum absolute atomic E-state index is 0.0588. The minimum atomic E-state index is -1.51. The zero-order valence-corrected chi connectivity index (χ0v) is 33.6. The summed E-state index contributed by atoms with van der Waals surface area (Å²) in [7, 11) is 7.02. The Hall–Kier alpha value is -2.27. The molecule has 3 aliphatic heterocycles. The fourth-order valence-corrected chi connectivity index (χ4v) is 7.87. The number of ether oxygens (including phenoxy) is 4. The predicted octanol–water partition coefficient (Wildman–Crippen LogP) is 2.41. The van der Waals surface area contributed by atoms with Crippen LogP contribution in [0.25, 0.3) is 0 Å². The Morgan fingerprint density at radius 1 is 1.02 bits per heavy atom. The molecule has 14 heteroatoms. The van der Waals surface area contributed by atoms with Gasteiger partial charge < -0.3 is 54.1 Å². The Bertz CT molecular complexity index is 1320. The number of aliphatic hydroxyl groups is 4. The number of halogens is 1. The summed E-state index contributed by atoms with van der Waals surface area (Å²) in [6.45, 7) is 13.3. The molecule has 3 fully saturated rings. The summed E-state index contributed by atoms with van der Waals surface area (Å²) in [5, 5.41) is 44.2. The Labute approximate surface area is 315 Å². The second-order valence-corrected chi connectivity index (χ2v) is 16.3. The molecule has 0 saturated carbocycles. The Morgan fingerprint density at radius 2 is 1.64 bits per heavy atom. The van der Waals surface area contributed by atoms with Crippen LogP contribution in [0.1, 0.15) is 73.3 Å². The van der Waals surface area contributed by atoms with E-state index >= 15 is 0 Å². The van der Waals surface area contributed by atoms with Crippen molar-refractivity contribution in [2.24, 2.45) is 17.8 Å². The summed E-state index contributed by atoms with van der Waals surface area (Å²) in [6, 6.07) is 5.47. The average molecular weight is 756 g/mol. The smallest absolute Gasteiger partial charge is 0.241 e. The number of benzene rings is 1. The van der Waals surface area contributed by atoms with Crippen molar-refractivity contribution in [3.63, 3.8) is 0 Å². The molecule has 304 valence electrons. The monoisotopic (exact) mass is 755 g/mol. The molecule has 13 nitrogen and oxygen atoms in total. The van der Waals surface area contributed by atoms with Gasteiger partial charge in [-0.2, -0.15) is 0 Å². The number of nitrogens with zero attached hydrogens (tertiary/aromatic N) is 3. The van der Waals surface area contributed by atoms with Gasteiger partial charge in [0.15, 0.2) is 6.29 Å². The average Bonchev–Trinajstić information content (AvgIpc) is 3.09. The maximum atomic E-state index is 13.8. The first-order chi connectivity index (χ1) is 24.6. The summed E-state index contributed by atoms with van der Waals surface area (Å²) in [6.07, 6.45) is -3.63. The number of methoxy groups -OCH3 is 1. The molecule has 0 aliphatic carbocycles. The summed E-state index contributed by atoms with van der Waals surface area (Å²) in [5.41, 5.74) is -1.28. The van der Waals surface area contributed by atoms with E-state index in [1.807, 2.05) is 46.7 Å². The van der Waals surface area contributed by atoms with Crippen molar-refractivity contribution in [3.8, 4) is 0 Å². The highest BCUT2D eigenvalue weighted by Gasteiger charge is 2.48. The van der Waals surface area contributed by atoms with Gasteiger partial charge in [-0.3, -0.25) is 9.59 Å². The highest BCUT2D eigenvalue weighted by atomic mass is 19.1. The molecule has 4 N–H and O–H groups in total. The molecule has 0 spiro atoms. The van der Waals surface area contributed by atoms with Crippen LogP contribution in [-0.2, 0) is 35.1 Å². The van der Waals surface area contributed by atoms with E-state index in [4.69, 9.17) is 18.9 Å². The minimum Gasteiger partial charge on any atom is -0.392 e. The molecule has 3 saturated heterocycles. The topological polar surface area (TPSA) is 162 Å². The number of rotatable bonds is 6. The summed E-state index contributed by atoms with van der Waals surface area (Å²) >= 11 is 0. The normalized spacial score (nSPS) is 39.5. The van der Waals surface area contributed by atoms with Crippen LogP contribution in [-0.4, -0.2) is 155 Å². The zero-order valence-electron chi connectivity index (χ0n) is 33.6. The number of likely N-dealkylation sites (N-methyl/N-ethyl adjacent to an activating group) is 2. The van der Waals surface area contributed by atoms with E-state index in [2.05, 4.69) is 0 Å². The molecule has 3 aliphatic rings. The largest absolute Gasteiger partial charge is 0.392 e. The lowest BCUT2D eigenvalue weighted by Crippen LogP contribution is -2.59. The van der Waals surface area contributed by atoms with Gasteiger partial charge in [0.05, 0.1) is 41.5 Å². The molecule has 0 aromatic heterocycles. The Kier molecular flexibility index (Phi) is 16.2. The zero-order chi connectivity index (χ0) is 40.0. The van der Waals surface area contributed by atoms with Gasteiger partial charge in [0.1, 0.15) is 24.6 Å². The molecule has 4 rings (SSSR count). The molecule has 1 aromatic rings. The third-order valence-electron chi connectivity index (χ3n) is 11.3. The van der Waals surface area contributed by atoms with E-state index in [1.54, 1.807) is 47.1 Å². The summed E-state index contributed by atoms with van der Waals surface area (Å²) in [4.78, 5) is 31.9. The van der Waals surface area contributed by atoms with Crippen LogP contribution in [0, 0.1) is 23.6 Å². The van der Waals surface area contributed by atoms with Crippen molar-refractivity contribution >= 4 is 11.8 Å². The van der Waals surface area contributed by atoms with Crippen molar-refractivity contribution in [1.82, 2.24) is 14.7 Å². The molecular formula is C39H66FN3O10. The number of carbonyl (C=O) groups is 2. The van der Waals surface area contributed by atoms with E-state index in [0.717, 1.165) is 6.42 Å². The molecular weight excluding hydrogens is 689 g/mol. The number of carbonyl (C=O) groups excluding carboxylic acids is 2. The van der Waals surface area contributed by atoms with E-state index in [0.29, 0.717) is 25.1 Å². The van der Waals surface area contributed by atoms with Crippen LogP contribution in [0.3, 0.4) is 0 Å². The first kappa shape index (κ1) is 45.1. The van der Waals surface area contributed by atoms with Crippen molar-refractivity contribution in [1.29, 1.82) is 0 Å². The standard InChI is InChI=1S/C31H50FN3O7.C8H16O3/c1-18-14-31(5,40)28(42-30-27(38)24(33(6)7)13-19(2)41-30)20(3)26(37)21(4)29(39)35(17-25(36)34(8)15-18)16-22-9-11-23(32)12-10-22;1-6-7(9)8(2,10-3)4-5-11-6/h9-12,18-21,24,26-28,30,37-38,40H,13-17H2,1-8H3;6-7,9H,4-5H2,1-3H3/t18-,19-,20+,21-,24+,26+,27-,28-,30+,31-;6-,7-,8+/m10/s1. The number of amides is 2. The first-order valence-corrected chi connectivity index (χ1v) is 18.8. The Morgan fingerprint density at radius 3 is 2.21 bits per heavy atom. The van der Waals surface area contributed by atoms with Crippen molar-refractivity contribution in [2.75, 3.05) is 47.9 Å². The molecule has 1 aromatic carbocycles. The van der Waals surface area contributed by atoms with Gasteiger partial charge in [-0.1, -0.05) is 32.9 Å². The molecule has 2 amide bonds. The van der Waals surface area contributed by atoms with Gasteiger partial charge in [-0.15, -0.1) is 0 Å². The summed E-state index contributed by atoms with van der Waals surface area (Å²) < 4.78 is 36.4. The van der Waals surface area contributed by atoms with Crippen molar-refractivity contribution in [3.05, 3.63) is 35.6 Å². The van der Waals surface area contributed by atoms with Gasteiger partial charge in [0.2, 0.25) is 11.8 Å². The second kappa shape index (κ2) is 19.1. The quantitative estimate of drug-likeness (QED) is 0.338. The molecule has 0 bridgehead atoms. The van der Waals surface area contributed by atoms with Crippen molar-refractivity contribution in [2.45, 2.75) is 134 Å². The van der Waals surface area contributed by atoms with E-state index in [9.17, 15) is 34.4 Å². The van der Waals surface area contributed by atoms with Gasteiger partial charge >= 0.3 is 0 Å². The highest BCUT2D eigenvalue weighted by Crippen LogP contribution is 2.36. The molecule has 0 radical (unpaired) electrons. The van der Waals surface area contributed by atoms with Gasteiger partial charge in [-0.25, -0.2) is 4.39 Å². The molecule has 13 atom stereocenters. The third-order valence-corrected chi connectivity index (χ3v) is 11.3. The van der Waals surface area contributed by atoms with Crippen LogP contribution in [0.5, 0.6) is 0 Å². The van der Waals surface area contributed by atoms with Gasteiger partial charge in [0.25, 0.3) is 0 Å². The molecule has 0 unspecified atom stereocenters. The van der Waals surface area contributed by atoms with Gasteiger partial charge in [-0.05, 0) is 78.2 Å². The fourth-order valence-electron chi connectivity index (χ4n) is 7.87. The summed E-state index contributed by atoms with van der Waals surface area (Å²) in [5.74, 6) is -3.06. The van der Waals surface area contributed by atoms with E-state index < -0.39 is 65.5 Å². The lowest BCUT2D eigenvalue weighted by molar-refractivity contribution is -0.299. The van der Waals surface area contributed by atoms with Crippen LogP contribution in [0.15, 0.2) is 24.3 Å².